The molecule has 1 aliphatic carbocycles. The Morgan fingerprint density at radius 1 is 1.37 bits per heavy atom. The molecule has 1 aromatic heterocycles. The first-order valence-corrected chi connectivity index (χ1v) is 9.93. The van der Waals surface area contributed by atoms with Crippen molar-refractivity contribution in [3.05, 3.63) is 50.7 Å². The smallest absolute Gasteiger partial charge is 0.324 e. The molecular weight excluding hydrogens is 386 g/mol. The van der Waals surface area contributed by atoms with Crippen molar-refractivity contribution < 1.29 is 14.4 Å². The quantitative estimate of drug-likeness (QED) is 0.770. The van der Waals surface area contributed by atoms with Crippen molar-refractivity contribution in [3.8, 4) is 0 Å². The number of aryl methyl sites for hydroxylation is 2. The SMILES string of the molecule is Cc1cc(Cl)ccc1NC(=O)CN1C(=O)N[C@]2(CCCc3sccc32)C1=O. The summed E-state index contributed by atoms with van der Waals surface area (Å²) in [5.74, 6) is -0.780. The Morgan fingerprint density at radius 2 is 2.19 bits per heavy atom. The zero-order valence-corrected chi connectivity index (χ0v) is 16.2. The Hall–Kier alpha value is -2.38. The van der Waals surface area contributed by atoms with Crippen LogP contribution in [-0.2, 0) is 21.5 Å². The van der Waals surface area contributed by atoms with Crippen molar-refractivity contribution in [1.82, 2.24) is 10.2 Å². The van der Waals surface area contributed by atoms with Gasteiger partial charge in [0.1, 0.15) is 12.1 Å². The van der Waals surface area contributed by atoms with Crippen LogP contribution in [0.4, 0.5) is 10.5 Å². The van der Waals surface area contributed by atoms with Crippen LogP contribution in [0.3, 0.4) is 0 Å². The summed E-state index contributed by atoms with van der Waals surface area (Å²) in [6, 6.07) is 6.48. The molecular formula is C19H18ClN3O3S. The van der Waals surface area contributed by atoms with Crippen LogP contribution < -0.4 is 10.6 Å². The molecule has 0 saturated carbocycles. The molecule has 8 heteroatoms. The highest BCUT2D eigenvalue weighted by Gasteiger charge is 2.54. The highest BCUT2D eigenvalue weighted by molar-refractivity contribution is 7.10. The first kappa shape index (κ1) is 18.0. The minimum absolute atomic E-state index is 0.325. The molecule has 1 spiro atoms. The lowest BCUT2D eigenvalue weighted by Crippen LogP contribution is -2.46. The molecule has 2 aromatic rings. The van der Waals surface area contributed by atoms with Gasteiger partial charge in [-0.3, -0.25) is 14.5 Å². The van der Waals surface area contributed by atoms with Crippen LogP contribution >= 0.6 is 22.9 Å². The summed E-state index contributed by atoms with van der Waals surface area (Å²) in [6.07, 6.45) is 2.29. The highest BCUT2D eigenvalue weighted by Crippen LogP contribution is 2.42. The van der Waals surface area contributed by atoms with E-state index in [0.717, 1.165) is 33.7 Å². The van der Waals surface area contributed by atoms with Gasteiger partial charge in [0.05, 0.1) is 0 Å². The van der Waals surface area contributed by atoms with E-state index in [-0.39, 0.29) is 12.5 Å². The molecule has 0 unspecified atom stereocenters. The number of hydrogen-bond donors (Lipinski definition) is 2. The van der Waals surface area contributed by atoms with E-state index < -0.39 is 17.5 Å². The van der Waals surface area contributed by atoms with Crippen LogP contribution in [0, 0.1) is 6.92 Å². The van der Waals surface area contributed by atoms with Crippen LogP contribution in [0.5, 0.6) is 0 Å². The normalized spacial score (nSPS) is 21.3. The van der Waals surface area contributed by atoms with Gasteiger partial charge in [-0.1, -0.05) is 11.6 Å². The van der Waals surface area contributed by atoms with Gasteiger partial charge in [-0.15, -0.1) is 11.3 Å². The van der Waals surface area contributed by atoms with E-state index in [0.29, 0.717) is 17.1 Å². The number of hydrogen-bond acceptors (Lipinski definition) is 4. The molecule has 0 bridgehead atoms. The van der Waals surface area contributed by atoms with Crippen LogP contribution in [0.25, 0.3) is 0 Å². The third-order valence-corrected chi connectivity index (χ3v) is 6.32. The second-order valence-electron chi connectivity index (χ2n) is 6.85. The molecule has 140 valence electrons. The Bertz CT molecular complexity index is 957. The van der Waals surface area contributed by atoms with Crippen molar-refractivity contribution >= 4 is 46.5 Å². The average molecular weight is 404 g/mol. The third-order valence-electron chi connectivity index (χ3n) is 5.10. The Labute approximate surface area is 165 Å². The van der Waals surface area contributed by atoms with Crippen LogP contribution in [0.15, 0.2) is 29.6 Å². The maximum absolute atomic E-state index is 13.1. The second-order valence-corrected chi connectivity index (χ2v) is 8.28. The van der Waals surface area contributed by atoms with Crippen molar-refractivity contribution in [2.24, 2.45) is 0 Å². The second kappa shape index (κ2) is 6.65. The fourth-order valence-electron chi connectivity index (χ4n) is 3.79. The number of thiophene rings is 1. The summed E-state index contributed by atoms with van der Waals surface area (Å²) in [6.45, 7) is 1.50. The number of imide groups is 1. The predicted octanol–water partition coefficient (Wildman–Crippen LogP) is 3.43. The first-order chi connectivity index (χ1) is 12.9. The predicted molar refractivity (Wildman–Crippen MR) is 104 cm³/mol. The molecule has 2 aliphatic rings. The van der Waals surface area contributed by atoms with Gasteiger partial charge >= 0.3 is 6.03 Å². The van der Waals surface area contributed by atoms with Crippen molar-refractivity contribution in [2.75, 3.05) is 11.9 Å². The molecule has 1 fully saturated rings. The monoisotopic (exact) mass is 403 g/mol. The van der Waals surface area contributed by atoms with Gasteiger partial charge in [-0.25, -0.2) is 4.79 Å². The van der Waals surface area contributed by atoms with Crippen LogP contribution in [-0.4, -0.2) is 29.3 Å². The summed E-state index contributed by atoms with van der Waals surface area (Å²) in [4.78, 5) is 40.2. The van der Waals surface area contributed by atoms with E-state index in [1.54, 1.807) is 29.5 Å². The number of rotatable bonds is 3. The lowest BCUT2D eigenvalue weighted by Gasteiger charge is -2.31. The number of halogens is 1. The number of urea groups is 1. The van der Waals surface area contributed by atoms with E-state index in [9.17, 15) is 14.4 Å². The average Bonchev–Trinajstić information content (AvgIpc) is 3.18. The summed E-state index contributed by atoms with van der Waals surface area (Å²) in [5, 5.41) is 8.10. The Balaban J connectivity index is 1.53. The molecule has 2 heterocycles. The van der Waals surface area contributed by atoms with E-state index >= 15 is 0 Å². The van der Waals surface area contributed by atoms with E-state index in [4.69, 9.17) is 11.6 Å². The summed E-state index contributed by atoms with van der Waals surface area (Å²) in [7, 11) is 0. The van der Waals surface area contributed by atoms with Crippen LogP contribution in [0.1, 0.15) is 28.8 Å². The van der Waals surface area contributed by atoms with Crippen LogP contribution in [0.2, 0.25) is 5.02 Å². The van der Waals surface area contributed by atoms with E-state index in [2.05, 4.69) is 10.6 Å². The zero-order valence-electron chi connectivity index (χ0n) is 14.7. The largest absolute Gasteiger partial charge is 0.325 e. The van der Waals surface area contributed by atoms with Gasteiger partial charge in [-0.2, -0.15) is 0 Å². The van der Waals surface area contributed by atoms with Crippen molar-refractivity contribution in [2.45, 2.75) is 31.7 Å². The topological polar surface area (TPSA) is 78.5 Å². The molecule has 0 radical (unpaired) electrons. The van der Waals surface area contributed by atoms with E-state index in [1.807, 2.05) is 18.4 Å². The minimum Gasteiger partial charge on any atom is -0.324 e. The number of anilines is 1. The lowest BCUT2D eigenvalue weighted by atomic mass is 9.80. The maximum Gasteiger partial charge on any atom is 0.325 e. The summed E-state index contributed by atoms with van der Waals surface area (Å²) in [5.41, 5.74) is 1.25. The maximum atomic E-state index is 13.1. The van der Waals surface area contributed by atoms with Gasteiger partial charge in [0, 0.05) is 21.2 Å². The number of nitrogens with zero attached hydrogens (tertiary/aromatic N) is 1. The molecule has 27 heavy (non-hydrogen) atoms. The number of carbonyl (C=O) groups excluding carboxylic acids is 3. The van der Waals surface area contributed by atoms with E-state index in [1.165, 1.54) is 0 Å². The molecule has 4 rings (SSSR count). The lowest BCUT2D eigenvalue weighted by molar-refractivity contribution is -0.134. The number of fused-ring (bicyclic) bond motifs is 2. The summed E-state index contributed by atoms with van der Waals surface area (Å²) >= 11 is 7.52. The molecule has 1 aliphatic heterocycles. The fraction of sp³-hybridized carbons (Fsp3) is 0.316. The number of carbonyl (C=O) groups is 3. The summed E-state index contributed by atoms with van der Waals surface area (Å²) < 4.78 is 0. The molecule has 6 nitrogen and oxygen atoms in total. The van der Waals surface area contributed by atoms with Gasteiger partial charge in [0.15, 0.2) is 0 Å². The molecule has 1 saturated heterocycles. The van der Waals surface area contributed by atoms with Crippen molar-refractivity contribution in [3.63, 3.8) is 0 Å². The Kier molecular flexibility index (Phi) is 4.44. The standard InChI is InChI=1S/C19H18ClN3O3S/c1-11-9-12(20)4-5-14(11)21-16(24)10-23-17(25)19(22-18(23)26)7-2-3-15-13(19)6-8-27-15/h4-6,8-9H,2-3,7,10H2,1H3,(H,21,24)(H,22,26)/t19-/m0/s1. The number of nitrogens with one attached hydrogen (secondary N) is 2. The van der Waals surface area contributed by atoms with Crippen molar-refractivity contribution in [1.29, 1.82) is 0 Å². The zero-order chi connectivity index (χ0) is 19.2. The minimum atomic E-state index is -1.03. The van der Waals surface area contributed by atoms with Gasteiger partial charge in [-0.05, 0) is 61.4 Å². The number of benzene rings is 1. The first-order valence-electron chi connectivity index (χ1n) is 8.68. The molecule has 2 N–H and O–H groups in total. The highest BCUT2D eigenvalue weighted by atomic mass is 35.5. The number of amides is 4. The fourth-order valence-corrected chi connectivity index (χ4v) is 5.01. The van der Waals surface area contributed by atoms with Gasteiger partial charge in [0.25, 0.3) is 5.91 Å². The molecule has 1 atom stereocenters. The van der Waals surface area contributed by atoms with Gasteiger partial charge in [0.2, 0.25) is 5.91 Å². The molecule has 4 amide bonds. The Morgan fingerprint density at radius 3 is 2.96 bits per heavy atom. The van der Waals surface area contributed by atoms with Gasteiger partial charge < -0.3 is 10.6 Å². The molecule has 1 aromatic carbocycles. The third kappa shape index (κ3) is 3.00.